The summed E-state index contributed by atoms with van der Waals surface area (Å²) in [4.78, 5) is 0. The van der Waals surface area contributed by atoms with Gasteiger partial charge in [0, 0.05) is 20.8 Å². The lowest BCUT2D eigenvalue weighted by atomic mass is 9.61. The third kappa shape index (κ3) is 2.76. The molecule has 0 amide bonds. The minimum Gasteiger partial charge on any atom is -0.490 e. The van der Waals surface area contributed by atoms with Crippen molar-refractivity contribution in [2.45, 2.75) is 56.4 Å². The molecular weight excluding hydrogens is 371 g/mol. The summed E-state index contributed by atoms with van der Waals surface area (Å²) in [5.41, 5.74) is 0.251. The summed E-state index contributed by atoms with van der Waals surface area (Å²) in [6.07, 6.45) is 9.18. The fourth-order valence-corrected chi connectivity index (χ4v) is 4.44. The monoisotopic (exact) mass is 390 g/mol. The lowest BCUT2D eigenvalue weighted by Gasteiger charge is -2.53. The Hall–Kier alpha value is 0.0400. The Labute approximate surface area is 134 Å². The van der Waals surface area contributed by atoms with E-state index >= 15 is 0 Å². The zero-order valence-electron chi connectivity index (χ0n) is 11.1. The van der Waals surface area contributed by atoms with Crippen molar-refractivity contribution in [3.8, 4) is 5.75 Å². The molecule has 2 unspecified atom stereocenters. The quantitative estimate of drug-likeness (QED) is 0.486. The topological polar surface area (TPSA) is 9.23 Å². The van der Waals surface area contributed by atoms with Crippen molar-refractivity contribution in [2.75, 3.05) is 0 Å². The molecular formula is C16H20ClIO. The minimum atomic E-state index is 0.251. The zero-order chi connectivity index (χ0) is 13.3. The maximum atomic E-state index is 6.56. The van der Waals surface area contributed by atoms with E-state index in [9.17, 15) is 0 Å². The molecule has 1 nitrogen and oxygen atoms in total. The van der Waals surface area contributed by atoms with Gasteiger partial charge in [-0.25, -0.2) is 0 Å². The van der Waals surface area contributed by atoms with Crippen molar-refractivity contribution in [3.63, 3.8) is 0 Å². The molecule has 19 heavy (non-hydrogen) atoms. The molecule has 2 saturated carbocycles. The van der Waals surface area contributed by atoms with Crippen LogP contribution in [0.5, 0.6) is 5.75 Å². The number of halogens is 2. The van der Waals surface area contributed by atoms with Crippen LogP contribution in [0.15, 0.2) is 24.3 Å². The van der Waals surface area contributed by atoms with Crippen LogP contribution in [0.3, 0.4) is 0 Å². The SMILES string of the molecule is ClC1CC(Oc2ccc(I)cc2)C12CCCCCC2. The molecule has 0 N–H and O–H groups in total. The van der Waals surface area contributed by atoms with Crippen LogP contribution in [0.2, 0.25) is 0 Å². The number of benzene rings is 1. The molecule has 1 spiro atoms. The molecule has 2 aliphatic carbocycles. The van der Waals surface area contributed by atoms with Crippen molar-refractivity contribution in [1.29, 1.82) is 0 Å². The summed E-state index contributed by atoms with van der Waals surface area (Å²) in [6, 6.07) is 8.36. The molecule has 3 rings (SSSR count). The lowest BCUT2D eigenvalue weighted by Crippen LogP contribution is -2.57. The molecule has 0 saturated heterocycles. The van der Waals surface area contributed by atoms with E-state index in [0.29, 0.717) is 11.5 Å². The smallest absolute Gasteiger partial charge is 0.119 e. The van der Waals surface area contributed by atoms with Crippen molar-refractivity contribution >= 4 is 34.2 Å². The molecule has 0 bridgehead atoms. The van der Waals surface area contributed by atoms with Crippen LogP contribution in [0.25, 0.3) is 0 Å². The Morgan fingerprint density at radius 1 is 1.05 bits per heavy atom. The fourth-order valence-electron chi connectivity index (χ4n) is 3.56. The highest BCUT2D eigenvalue weighted by Crippen LogP contribution is 2.54. The van der Waals surface area contributed by atoms with Gasteiger partial charge >= 0.3 is 0 Å². The summed E-state index contributed by atoms with van der Waals surface area (Å²) in [5, 5.41) is 0.319. The normalized spacial score (nSPS) is 29.6. The van der Waals surface area contributed by atoms with Gasteiger partial charge in [-0.05, 0) is 59.7 Å². The number of alkyl halides is 1. The first-order valence-electron chi connectivity index (χ1n) is 7.27. The maximum absolute atomic E-state index is 6.56. The van der Waals surface area contributed by atoms with E-state index in [2.05, 4.69) is 46.9 Å². The van der Waals surface area contributed by atoms with E-state index < -0.39 is 0 Å². The van der Waals surface area contributed by atoms with E-state index in [-0.39, 0.29) is 5.41 Å². The molecule has 0 radical (unpaired) electrons. The molecule has 1 aromatic rings. The average Bonchev–Trinajstić information content (AvgIpc) is 2.68. The second kappa shape index (κ2) is 5.80. The van der Waals surface area contributed by atoms with E-state index in [1.807, 2.05) is 0 Å². The Morgan fingerprint density at radius 2 is 1.68 bits per heavy atom. The molecule has 2 fully saturated rings. The Bertz CT molecular complexity index is 423. The molecule has 3 heteroatoms. The van der Waals surface area contributed by atoms with Crippen molar-refractivity contribution in [2.24, 2.45) is 5.41 Å². The van der Waals surface area contributed by atoms with Crippen LogP contribution in [-0.4, -0.2) is 11.5 Å². The van der Waals surface area contributed by atoms with Crippen LogP contribution in [0, 0.1) is 8.99 Å². The Kier molecular flexibility index (Phi) is 4.28. The highest BCUT2D eigenvalue weighted by Gasteiger charge is 2.55. The van der Waals surface area contributed by atoms with Crippen molar-refractivity contribution < 1.29 is 4.74 Å². The average molecular weight is 391 g/mol. The summed E-state index contributed by atoms with van der Waals surface area (Å²) in [7, 11) is 0. The molecule has 104 valence electrons. The Morgan fingerprint density at radius 3 is 2.26 bits per heavy atom. The van der Waals surface area contributed by atoms with Gasteiger partial charge in [0.15, 0.2) is 0 Å². The predicted molar refractivity (Wildman–Crippen MR) is 88.0 cm³/mol. The summed E-state index contributed by atoms with van der Waals surface area (Å²) < 4.78 is 7.48. The van der Waals surface area contributed by atoms with Crippen LogP contribution in [-0.2, 0) is 0 Å². The molecule has 0 aliphatic heterocycles. The van der Waals surface area contributed by atoms with Crippen LogP contribution < -0.4 is 4.74 Å². The largest absolute Gasteiger partial charge is 0.490 e. The van der Waals surface area contributed by atoms with Crippen LogP contribution in [0.4, 0.5) is 0 Å². The van der Waals surface area contributed by atoms with E-state index in [0.717, 1.165) is 12.2 Å². The number of ether oxygens (including phenoxy) is 1. The fraction of sp³-hybridized carbons (Fsp3) is 0.625. The predicted octanol–water partition coefficient (Wildman–Crippen LogP) is 5.39. The van der Waals surface area contributed by atoms with Gasteiger partial charge in [0.25, 0.3) is 0 Å². The lowest BCUT2D eigenvalue weighted by molar-refractivity contribution is -0.0512. The summed E-state index contributed by atoms with van der Waals surface area (Å²) in [6.45, 7) is 0. The van der Waals surface area contributed by atoms with Gasteiger partial charge in [-0.3, -0.25) is 0 Å². The van der Waals surface area contributed by atoms with Gasteiger partial charge in [0.2, 0.25) is 0 Å². The zero-order valence-corrected chi connectivity index (χ0v) is 14.0. The van der Waals surface area contributed by atoms with Crippen molar-refractivity contribution in [3.05, 3.63) is 27.8 Å². The first kappa shape index (κ1) is 14.0. The Balaban J connectivity index is 1.72. The third-order valence-electron chi connectivity index (χ3n) is 4.81. The number of hydrogen-bond donors (Lipinski definition) is 0. The first-order valence-corrected chi connectivity index (χ1v) is 8.78. The molecule has 0 aromatic heterocycles. The van der Waals surface area contributed by atoms with Crippen molar-refractivity contribution in [1.82, 2.24) is 0 Å². The second-order valence-electron chi connectivity index (χ2n) is 5.91. The number of rotatable bonds is 2. The second-order valence-corrected chi connectivity index (χ2v) is 7.68. The van der Waals surface area contributed by atoms with Crippen LogP contribution in [0.1, 0.15) is 44.9 Å². The highest BCUT2D eigenvalue weighted by molar-refractivity contribution is 14.1. The van der Waals surface area contributed by atoms with Gasteiger partial charge in [0.1, 0.15) is 11.9 Å². The summed E-state index contributed by atoms with van der Waals surface area (Å²) >= 11 is 8.88. The minimum absolute atomic E-state index is 0.251. The van der Waals surface area contributed by atoms with Gasteiger partial charge in [-0.1, -0.05) is 25.7 Å². The van der Waals surface area contributed by atoms with Gasteiger partial charge in [-0.2, -0.15) is 0 Å². The molecule has 2 aliphatic rings. The van der Waals surface area contributed by atoms with Gasteiger partial charge in [0.05, 0.1) is 0 Å². The van der Waals surface area contributed by atoms with E-state index in [1.165, 1.54) is 42.1 Å². The highest BCUT2D eigenvalue weighted by atomic mass is 127. The third-order valence-corrected chi connectivity index (χ3v) is 6.14. The molecule has 1 aromatic carbocycles. The van der Waals surface area contributed by atoms with E-state index in [4.69, 9.17) is 16.3 Å². The molecule has 0 heterocycles. The van der Waals surface area contributed by atoms with E-state index in [1.54, 1.807) is 0 Å². The van der Waals surface area contributed by atoms with Gasteiger partial charge in [-0.15, -0.1) is 11.6 Å². The van der Waals surface area contributed by atoms with Crippen LogP contribution >= 0.6 is 34.2 Å². The summed E-state index contributed by atoms with van der Waals surface area (Å²) in [5.74, 6) is 0.998. The maximum Gasteiger partial charge on any atom is 0.119 e. The van der Waals surface area contributed by atoms with Gasteiger partial charge < -0.3 is 4.74 Å². The molecule has 2 atom stereocenters. The standard InChI is InChI=1S/C16H20ClIO/c17-14-11-15(16(14)9-3-1-2-4-10-16)19-13-7-5-12(18)6-8-13/h5-8,14-15H,1-4,9-11H2. The number of hydrogen-bond acceptors (Lipinski definition) is 1. The first-order chi connectivity index (χ1) is 9.21.